The molecule has 1 aromatic carbocycles. The molecular formula is C15H20O2. The first kappa shape index (κ1) is 13.5. The minimum Gasteiger partial charge on any atom is -0.465 e. The molecule has 0 spiro atoms. The lowest BCUT2D eigenvalue weighted by atomic mass is 10.1. The molecule has 2 nitrogen and oxygen atoms in total. The largest absolute Gasteiger partial charge is 0.465 e. The second-order valence-corrected chi connectivity index (χ2v) is 3.98. The maximum Gasteiger partial charge on any atom is 0.338 e. The van der Waals surface area contributed by atoms with E-state index < -0.39 is 0 Å². The molecule has 0 radical (unpaired) electrons. The zero-order valence-corrected chi connectivity index (χ0v) is 10.6. The molecule has 0 unspecified atom stereocenters. The lowest BCUT2D eigenvalue weighted by Gasteiger charge is -2.03. The third kappa shape index (κ3) is 4.43. The van der Waals surface area contributed by atoms with Crippen LogP contribution in [0.1, 0.15) is 48.5 Å². The van der Waals surface area contributed by atoms with E-state index in [0.717, 1.165) is 12.0 Å². The summed E-state index contributed by atoms with van der Waals surface area (Å²) in [6, 6.07) is 7.50. The minimum atomic E-state index is -0.279. The first-order valence-corrected chi connectivity index (χ1v) is 6.13. The number of ether oxygens (including phenoxy) is 1. The first-order chi connectivity index (χ1) is 8.29. The summed E-state index contributed by atoms with van der Waals surface area (Å²) in [6.07, 6.45) is 8.87. The highest BCUT2D eigenvalue weighted by molar-refractivity contribution is 5.93. The van der Waals surface area contributed by atoms with Gasteiger partial charge in [0.05, 0.1) is 12.7 Å². The fraction of sp³-hybridized carbons (Fsp3) is 0.400. The molecule has 0 N–H and O–H groups in total. The van der Waals surface area contributed by atoms with Gasteiger partial charge in [0.15, 0.2) is 0 Å². The zero-order valence-electron chi connectivity index (χ0n) is 10.6. The number of carbonyl (C=O) groups is 1. The first-order valence-electron chi connectivity index (χ1n) is 6.13. The van der Waals surface area contributed by atoms with Crippen LogP contribution in [0.5, 0.6) is 0 Å². The fourth-order valence-electron chi connectivity index (χ4n) is 1.66. The van der Waals surface area contributed by atoms with Crippen molar-refractivity contribution in [1.82, 2.24) is 0 Å². The smallest absolute Gasteiger partial charge is 0.338 e. The van der Waals surface area contributed by atoms with E-state index >= 15 is 0 Å². The van der Waals surface area contributed by atoms with Crippen LogP contribution in [0, 0.1) is 0 Å². The molecule has 0 bridgehead atoms. The summed E-state index contributed by atoms with van der Waals surface area (Å²) in [5.74, 6) is -0.279. The van der Waals surface area contributed by atoms with Crippen molar-refractivity contribution in [2.24, 2.45) is 0 Å². The molecule has 0 fully saturated rings. The van der Waals surface area contributed by atoms with E-state index in [1.165, 1.54) is 26.4 Å². The molecule has 92 valence electrons. The van der Waals surface area contributed by atoms with E-state index in [-0.39, 0.29) is 5.97 Å². The Balaban J connectivity index is 2.66. The highest BCUT2D eigenvalue weighted by Gasteiger charge is 2.07. The second-order valence-electron chi connectivity index (χ2n) is 3.98. The standard InChI is InChI=1S/C15H20O2/c1-3-4-5-6-7-10-13-11-8-9-12-14(13)15(16)17-2/h7-12H,3-6H2,1-2H3/b10-7+. The van der Waals surface area contributed by atoms with Crippen LogP contribution in [0.25, 0.3) is 6.08 Å². The number of hydrogen-bond acceptors (Lipinski definition) is 2. The number of methoxy groups -OCH3 is 1. The summed E-state index contributed by atoms with van der Waals surface area (Å²) < 4.78 is 4.75. The molecule has 0 atom stereocenters. The van der Waals surface area contributed by atoms with E-state index in [9.17, 15) is 4.79 Å². The van der Waals surface area contributed by atoms with Crippen LogP contribution in [0.3, 0.4) is 0 Å². The molecule has 2 heteroatoms. The topological polar surface area (TPSA) is 26.3 Å². The molecule has 1 aromatic rings. The van der Waals surface area contributed by atoms with Gasteiger partial charge in [0.1, 0.15) is 0 Å². The Labute approximate surface area is 103 Å². The van der Waals surface area contributed by atoms with Gasteiger partial charge in [-0.3, -0.25) is 0 Å². The molecule has 0 aromatic heterocycles. The number of esters is 1. The molecule has 0 saturated carbocycles. The van der Waals surface area contributed by atoms with Gasteiger partial charge in [-0.2, -0.15) is 0 Å². The average Bonchev–Trinajstić information content (AvgIpc) is 2.38. The third-order valence-corrected chi connectivity index (χ3v) is 2.64. The van der Waals surface area contributed by atoms with Gasteiger partial charge in [-0.25, -0.2) is 4.79 Å². The number of benzene rings is 1. The van der Waals surface area contributed by atoms with Crippen LogP contribution in [0.2, 0.25) is 0 Å². The Bertz CT molecular complexity index is 380. The molecule has 0 aliphatic carbocycles. The minimum absolute atomic E-state index is 0.279. The number of hydrogen-bond donors (Lipinski definition) is 0. The van der Waals surface area contributed by atoms with Crippen molar-refractivity contribution < 1.29 is 9.53 Å². The molecule has 0 amide bonds. The SMILES string of the molecule is CCCCC/C=C/c1ccccc1C(=O)OC. The summed E-state index contributed by atoms with van der Waals surface area (Å²) in [4.78, 5) is 11.5. The van der Waals surface area contributed by atoms with Gasteiger partial charge in [-0.1, -0.05) is 50.1 Å². The predicted octanol–water partition coefficient (Wildman–Crippen LogP) is 4.07. The van der Waals surface area contributed by atoms with Crippen molar-refractivity contribution >= 4 is 12.0 Å². The molecular weight excluding hydrogens is 212 g/mol. The number of carbonyl (C=O) groups excluding carboxylic acids is 1. The summed E-state index contributed by atoms with van der Waals surface area (Å²) >= 11 is 0. The fourth-order valence-corrected chi connectivity index (χ4v) is 1.66. The van der Waals surface area contributed by atoms with E-state index in [1.54, 1.807) is 6.07 Å². The second kappa shape index (κ2) is 7.66. The van der Waals surface area contributed by atoms with Gasteiger partial charge in [0.2, 0.25) is 0 Å². The van der Waals surface area contributed by atoms with Crippen molar-refractivity contribution in [2.75, 3.05) is 7.11 Å². The highest BCUT2D eigenvalue weighted by Crippen LogP contribution is 2.13. The van der Waals surface area contributed by atoms with Gasteiger partial charge in [0.25, 0.3) is 0 Å². The number of allylic oxidation sites excluding steroid dienone is 1. The van der Waals surface area contributed by atoms with Crippen LogP contribution in [-0.2, 0) is 4.74 Å². The van der Waals surface area contributed by atoms with Crippen molar-refractivity contribution in [3.8, 4) is 0 Å². The van der Waals surface area contributed by atoms with E-state index in [0.29, 0.717) is 5.56 Å². The summed E-state index contributed by atoms with van der Waals surface area (Å²) in [7, 11) is 1.41. The average molecular weight is 232 g/mol. The van der Waals surface area contributed by atoms with Gasteiger partial charge < -0.3 is 4.74 Å². The Morgan fingerprint density at radius 1 is 1.29 bits per heavy atom. The van der Waals surface area contributed by atoms with Crippen molar-refractivity contribution in [3.63, 3.8) is 0 Å². The van der Waals surface area contributed by atoms with Gasteiger partial charge in [-0.05, 0) is 24.5 Å². The quantitative estimate of drug-likeness (QED) is 0.546. The van der Waals surface area contributed by atoms with E-state index in [2.05, 4.69) is 13.0 Å². The normalized spacial score (nSPS) is 10.7. The van der Waals surface area contributed by atoms with Gasteiger partial charge in [-0.15, -0.1) is 0 Å². The summed E-state index contributed by atoms with van der Waals surface area (Å²) in [6.45, 7) is 2.19. The van der Waals surface area contributed by atoms with Gasteiger partial charge >= 0.3 is 5.97 Å². The Hall–Kier alpha value is -1.57. The predicted molar refractivity (Wildman–Crippen MR) is 71.0 cm³/mol. The molecule has 17 heavy (non-hydrogen) atoms. The van der Waals surface area contributed by atoms with Gasteiger partial charge in [0, 0.05) is 0 Å². The molecule has 0 heterocycles. The maximum absolute atomic E-state index is 11.5. The summed E-state index contributed by atoms with van der Waals surface area (Å²) in [5, 5.41) is 0. The zero-order chi connectivity index (χ0) is 12.5. The molecule has 1 rings (SSSR count). The van der Waals surface area contributed by atoms with Crippen molar-refractivity contribution in [1.29, 1.82) is 0 Å². The molecule has 0 aliphatic heterocycles. The monoisotopic (exact) mass is 232 g/mol. The number of rotatable bonds is 6. The highest BCUT2D eigenvalue weighted by atomic mass is 16.5. The maximum atomic E-state index is 11.5. The molecule has 0 saturated heterocycles. The third-order valence-electron chi connectivity index (χ3n) is 2.64. The van der Waals surface area contributed by atoms with E-state index in [1.807, 2.05) is 24.3 Å². The molecule has 0 aliphatic rings. The van der Waals surface area contributed by atoms with Crippen LogP contribution in [0.4, 0.5) is 0 Å². The Morgan fingerprint density at radius 3 is 2.76 bits per heavy atom. The Kier molecular flexibility index (Phi) is 6.08. The Morgan fingerprint density at radius 2 is 2.06 bits per heavy atom. The van der Waals surface area contributed by atoms with Crippen molar-refractivity contribution in [2.45, 2.75) is 32.6 Å². The van der Waals surface area contributed by atoms with Crippen LogP contribution in [0.15, 0.2) is 30.3 Å². The summed E-state index contributed by atoms with van der Waals surface area (Å²) in [5.41, 5.74) is 1.55. The lowest BCUT2D eigenvalue weighted by Crippen LogP contribution is -2.02. The lowest BCUT2D eigenvalue weighted by molar-refractivity contribution is 0.0600. The van der Waals surface area contributed by atoms with E-state index in [4.69, 9.17) is 4.74 Å². The van der Waals surface area contributed by atoms with Crippen molar-refractivity contribution in [3.05, 3.63) is 41.5 Å². The number of unbranched alkanes of at least 4 members (excludes halogenated alkanes) is 3. The van der Waals surface area contributed by atoms with Crippen LogP contribution >= 0.6 is 0 Å². The van der Waals surface area contributed by atoms with Crippen LogP contribution in [-0.4, -0.2) is 13.1 Å². The van der Waals surface area contributed by atoms with Crippen LogP contribution < -0.4 is 0 Å².